The lowest BCUT2D eigenvalue weighted by Gasteiger charge is -2.02. The molecular weight excluding hydrogens is 192 g/mol. The topological polar surface area (TPSA) is 65.6 Å². The van der Waals surface area contributed by atoms with Crippen molar-refractivity contribution < 1.29 is 15.1 Å². The molecule has 15 heavy (non-hydrogen) atoms. The van der Waals surface area contributed by atoms with E-state index in [1.807, 2.05) is 12.1 Å². The minimum atomic E-state index is 0. The predicted octanol–water partition coefficient (Wildman–Crippen LogP) is 1.64. The Hall–Kier alpha value is -2.00. The molecule has 0 aromatic heterocycles. The first-order valence-electron chi connectivity index (χ1n) is 4.29. The summed E-state index contributed by atoms with van der Waals surface area (Å²) in [5.41, 5.74) is 1.12. The van der Waals surface area contributed by atoms with Gasteiger partial charge in [0.1, 0.15) is 0 Å². The molecule has 0 aliphatic heterocycles. The standard InChI is InChI=1S/C12H8O2.H2O/c13-7-10-5-1-3-9-4-2-6-11(8-14)12(9)10;/h1-8H;1H2. The fourth-order valence-corrected chi connectivity index (χ4v) is 1.60. The first-order chi connectivity index (χ1) is 6.86. The largest absolute Gasteiger partial charge is 0.412 e. The van der Waals surface area contributed by atoms with Gasteiger partial charge in [0, 0.05) is 16.5 Å². The molecular formula is C12H10O3. The van der Waals surface area contributed by atoms with Crippen molar-refractivity contribution in [2.45, 2.75) is 0 Å². The Balaban J connectivity index is 0.00000112. The summed E-state index contributed by atoms with van der Waals surface area (Å²) in [6.45, 7) is 0. The van der Waals surface area contributed by atoms with Crippen molar-refractivity contribution in [1.29, 1.82) is 0 Å². The summed E-state index contributed by atoms with van der Waals surface area (Å²) in [6.07, 6.45) is 1.55. The molecule has 2 aromatic rings. The Kier molecular flexibility index (Phi) is 3.31. The van der Waals surface area contributed by atoms with Gasteiger partial charge in [-0.25, -0.2) is 0 Å². The second-order valence-electron chi connectivity index (χ2n) is 3.03. The van der Waals surface area contributed by atoms with Gasteiger partial charge in [-0.2, -0.15) is 0 Å². The van der Waals surface area contributed by atoms with Gasteiger partial charge in [-0.05, 0) is 5.39 Å². The van der Waals surface area contributed by atoms with E-state index in [1.54, 1.807) is 24.3 Å². The van der Waals surface area contributed by atoms with Crippen LogP contribution in [0.25, 0.3) is 10.8 Å². The first kappa shape index (κ1) is 11.1. The molecule has 0 saturated carbocycles. The van der Waals surface area contributed by atoms with Crippen molar-refractivity contribution in [3.63, 3.8) is 0 Å². The molecule has 2 aromatic carbocycles. The minimum absolute atomic E-state index is 0. The summed E-state index contributed by atoms with van der Waals surface area (Å²) < 4.78 is 0. The summed E-state index contributed by atoms with van der Waals surface area (Å²) >= 11 is 0. The lowest BCUT2D eigenvalue weighted by Crippen LogP contribution is -1.88. The molecule has 0 saturated heterocycles. The molecule has 0 amide bonds. The SMILES string of the molecule is O.O=Cc1cccc2cccc(C=O)c12. The third-order valence-electron chi connectivity index (χ3n) is 2.22. The van der Waals surface area contributed by atoms with E-state index in [2.05, 4.69) is 0 Å². The monoisotopic (exact) mass is 202 g/mol. The third-order valence-corrected chi connectivity index (χ3v) is 2.22. The highest BCUT2D eigenvalue weighted by molar-refractivity contribution is 6.06. The lowest BCUT2D eigenvalue weighted by molar-refractivity contribution is 0.112. The van der Waals surface area contributed by atoms with Gasteiger partial charge in [0.25, 0.3) is 0 Å². The summed E-state index contributed by atoms with van der Waals surface area (Å²) in [7, 11) is 0. The fraction of sp³-hybridized carbons (Fsp3) is 0. The molecule has 0 radical (unpaired) electrons. The number of hydrogen-bond acceptors (Lipinski definition) is 2. The number of aldehydes is 2. The maximum Gasteiger partial charge on any atom is 0.150 e. The van der Waals surface area contributed by atoms with E-state index in [9.17, 15) is 9.59 Å². The van der Waals surface area contributed by atoms with Gasteiger partial charge >= 0.3 is 0 Å². The third kappa shape index (κ3) is 1.78. The summed E-state index contributed by atoms with van der Waals surface area (Å²) in [5, 5.41) is 1.65. The van der Waals surface area contributed by atoms with Crippen LogP contribution in [-0.4, -0.2) is 18.0 Å². The zero-order chi connectivity index (χ0) is 9.97. The van der Waals surface area contributed by atoms with E-state index in [0.717, 1.165) is 23.3 Å². The van der Waals surface area contributed by atoms with E-state index in [4.69, 9.17) is 0 Å². The van der Waals surface area contributed by atoms with Crippen molar-refractivity contribution in [2.24, 2.45) is 0 Å². The molecule has 3 nitrogen and oxygen atoms in total. The average Bonchev–Trinajstić information content (AvgIpc) is 2.27. The van der Waals surface area contributed by atoms with Crippen LogP contribution in [0.5, 0.6) is 0 Å². The molecule has 0 fully saturated rings. The quantitative estimate of drug-likeness (QED) is 0.695. The van der Waals surface area contributed by atoms with Crippen LogP contribution >= 0.6 is 0 Å². The Labute approximate surface area is 86.6 Å². The highest BCUT2D eigenvalue weighted by Gasteiger charge is 2.03. The van der Waals surface area contributed by atoms with E-state index < -0.39 is 0 Å². The number of fused-ring (bicyclic) bond motifs is 1. The number of carbonyl (C=O) groups is 2. The second-order valence-corrected chi connectivity index (χ2v) is 3.03. The summed E-state index contributed by atoms with van der Waals surface area (Å²) in [4.78, 5) is 21.5. The van der Waals surface area contributed by atoms with E-state index >= 15 is 0 Å². The number of carbonyl (C=O) groups excluding carboxylic acids is 2. The van der Waals surface area contributed by atoms with Crippen molar-refractivity contribution in [3.05, 3.63) is 47.5 Å². The maximum atomic E-state index is 10.8. The average molecular weight is 202 g/mol. The molecule has 0 heterocycles. The maximum absolute atomic E-state index is 10.8. The van der Waals surface area contributed by atoms with Gasteiger partial charge in [-0.3, -0.25) is 9.59 Å². The highest BCUT2D eigenvalue weighted by atomic mass is 16.1. The molecule has 0 aliphatic carbocycles. The Morgan fingerprint density at radius 1 is 0.800 bits per heavy atom. The van der Waals surface area contributed by atoms with E-state index in [-0.39, 0.29) is 5.48 Å². The van der Waals surface area contributed by atoms with Crippen molar-refractivity contribution >= 4 is 23.3 Å². The fourth-order valence-electron chi connectivity index (χ4n) is 1.60. The van der Waals surface area contributed by atoms with Crippen LogP contribution in [0.4, 0.5) is 0 Å². The van der Waals surface area contributed by atoms with Gasteiger partial charge in [-0.15, -0.1) is 0 Å². The molecule has 0 spiro atoms. The highest BCUT2D eigenvalue weighted by Crippen LogP contribution is 2.20. The zero-order valence-electron chi connectivity index (χ0n) is 7.94. The summed E-state index contributed by atoms with van der Waals surface area (Å²) in [6, 6.07) is 10.8. The lowest BCUT2D eigenvalue weighted by atomic mass is 10.0. The first-order valence-corrected chi connectivity index (χ1v) is 4.29. The smallest absolute Gasteiger partial charge is 0.150 e. The molecule has 3 heteroatoms. The molecule has 0 bridgehead atoms. The predicted molar refractivity (Wildman–Crippen MR) is 58.3 cm³/mol. The van der Waals surface area contributed by atoms with Crippen LogP contribution < -0.4 is 0 Å². The number of benzene rings is 2. The van der Waals surface area contributed by atoms with Gasteiger partial charge in [0.2, 0.25) is 0 Å². The van der Waals surface area contributed by atoms with Crippen LogP contribution in [0.15, 0.2) is 36.4 Å². The number of rotatable bonds is 2. The van der Waals surface area contributed by atoms with Crippen LogP contribution in [0.1, 0.15) is 20.7 Å². The van der Waals surface area contributed by atoms with Crippen LogP contribution in [0.2, 0.25) is 0 Å². The van der Waals surface area contributed by atoms with Gasteiger partial charge < -0.3 is 5.48 Å². The number of hydrogen-bond donors (Lipinski definition) is 0. The van der Waals surface area contributed by atoms with Gasteiger partial charge in [0.05, 0.1) is 0 Å². The van der Waals surface area contributed by atoms with E-state index in [1.165, 1.54) is 0 Å². The van der Waals surface area contributed by atoms with Gasteiger partial charge in [0.15, 0.2) is 12.6 Å². The molecule has 0 aliphatic rings. The molecule has 2 N–H and O–H groups in total. The van der Waals surface area contributed by atoms with Crippen LogP contribution in [0.3, 0.4) is 0 Å². The van der Waals surface area contributed by atoms with Crippen molar-refractivity contribution in [2.75, 3.05) is 0 Å². The van der Waals surface area contributed by atoms with Crippen molar-refractivity contribution in [1.82, 2.24) is 0 Å². The normalized spacial score (nSPS) is 9.33. The molecule has 2 rings (SSSR count). The van der Waals surface area contributed by atoms with Gasteiger partial charge in [-0.1, -0.05) is 36.4 Å². The second kappa shape index (κ2) is 4.48. The van der Waals surface area contributed by atoms with Crippen molar-refractivity contribution in [3.8, 4) is 0 Å². The Bertz CT molecular complexity index is 460. The van der Waals surface area contributed by atoms with E-state index in [0.29, 0.717) is 11.1 Å². The Morgan fingerprint density at radius 2 is 1.27 bits per heavy atom. The Morgan fingerprint density at radius 3 is 1.67 bits per heavy atom. The molecule has 0 unspecified atom stereocenters. The molecule has 76 valence electrons. The van der Waals surface area contributed by atoms with Crippen LogP contribution in [0, 0.1) is 0 Å². The molecule has 0 atom stereocenters. The zero-order valence-corrected chi connectivity index (χ0v) is 7.94. The summed E-state index contributed by atoms with van der Waals surface area (Å²) in [5.74, 6) is 0. The minimum Gasteiger partial charge on any atom is -0.412 e. The van der Waals surface area contributed by atoms with Crippen LogP contribution in [-0.2, 0) is 0 Å².